The number of aliphatic imine (C=N–C) groups is 1. The molecule has 0 fully saturated rings. The molecule has 10 nitrogen and oxygen atoms in total. The van der Waals surface area contributed by atoms with Gasteiger partial charge in [0.25, 0.3) is 17.5 Å². The predicted molar refractivity (Wildman–Crippen MR) is 129 cm³/mol. The number of rotatable bonds is 5. The Kier molecular flexibility index (Phi) is 4.99. The highest BCUT2D eigenvalue weighted by Crippen LogP contribution is 2.30. The average Bonchev–Trinajstić information content (AvgIpc) is 3.35. The lowest BCUT2D eigenvalue weighted by Gasteiger charge is -2.16. The molecular weight excluding hydrogens is 460 g/mol. The van der Waals surface area contributed by atoms with Gasteiger partial charge in [-0.25, -0.2) is 0 Å². The molecule has 0 atom stereocenters. The van der Waals surface area contributed by atoms with Gasteiger partial charge in [-0.1, -0.05) is 42.5 Å². The fourth-order valence-corrected chi connectivity index (χ4v) is 4.65. The van der Waals surface area contributed by atoms with E-state index in [0.717, 1.165) is 5.56 Å². The third-order valence-corrected chi connectivity index (χ3v) is 6.35. The average molecular weight is 478 g/mol. The van der Waals surface area contributed by atoms with Crippen LogP contribution in [0, 0.1) is 10.1 Å². The number of nitro groups is 1. The minimum Gasteiger partial charge on any atom is -0.281 e. The van der Waals surface area contributed by atoms with E-state index in [4.69, 9.17) is 4.99 Å². The molecule has 2 aliphatic rings. The van der Waals surface area contributed by atoms with E-state index in [1.807, 2.05) is 34.9 Å². The second-order valence-corrected chi connectivity index (χ2v) is 8.41. The Balaban J connectivity index is 1.38. The van der Waals surface area contributed by atoms with Gasteiger partial charge in [0, 0.05) is 36.2 Å². The van der Waals surface area contributed by atoms with E-state index in [1.165, 1.54) is 17.0 Å². The Morgan fingerprint density at radius 3 is 2.25 bits per heavy atom. The van der Waals surface area contributed by atoms with Gasteiger partial charge in [0.15, 0.2) is 5.82 Å². The molecule has 6 rings (SSSR count). The molecule has 0 spiro atoms. The molecule has 0 saturated carbocycles. The van der Waals surface area contributed by atoms with E-state index in [2.05, 4.69) is 10.2 Å². The number of nitrogens with zero attached hydrogens (tertiary/aromatic N) is 6. The lowest BCUT2D eigenvalue weighted by Crippen LogP contribution is -2.32. The number of hydrogen-bond acceptors (Lipinski definition) is 7. The van der Waals surface area contributed by atoms with Crippen molar-refractivity contribution in [1.82, 2.24) is 19.7 Å². The first-order valence-electron chi connectivity index (χ1n) is 11.3. The van der Waals surface area contributed by atoms with Crippen molar-refractivity contribution in [2.45, 2.75) is 13.0 Å². The lowest BCUT2D eigenvalue weighted by molar-refractivity contribution is -0.384. The van der Waals surface area contributed by atoms with E-state index in [1.54, 1.807) is 30.3 Å². The van der Waals surface area contributed by atoms with Crippen LogP contribution in [0.5, 0.6) is 0 Å². The van der Waals surface area contributed by atoms with Crippen molar-refractivity contribution in [2.75, 3.05) is 6.54 Å². The molecule has 0 unspecified atom stereocenters. The number of fused-ring (bicyclic) bond motifs is 4. The normalized spacial score (nSPS) is 14.1. The van der Waals surface area contributed by atoms with Gasteiger partial charge < -0.3 is 0 Å². The van der Waals surface area contributed by atoms with Crippen LogP contribution in [0.15, 0.2) is 77.8 Å². The minimum atomic E-state index is -0.440. The second kappa shape index (κ2) is 8.35. The molecular formula is C26H18N6O4. The number of carbonyl (C=O) groups is 2. The largest absolute Gasteiger partial charge is 0.281 e. The maximum atomic E-state index is 12.8. The highest BCUT2D eigenvalue weighted by molar-refractivity contribution is 6.21. The number of hydrogen-bond donors (Lipinski definition) is 0. The molecule has 0 N–H and O–H groups in total. The van der Waals surface area contributed by atoms with Gasteiger partial charge in [-0.15, -0.1) is 10.2 Å². The topological polar surface area (TPSA) is 124 Å². The first kappa shape index (κ1) is 21.5. The highest BCUT2D eigenvalue weighted by Gasteiger charge is 2.35. The molecule has 3 aromatic carbocycles. The fraction of sp³-hybridized carbons (Fsp3) is 0.115. The summed E-state index contributed by atoms with van der Waals surface area (Å²) in [6, 6.07) is 20.8. The van der Waals surface area contributed by atoms with Gasteiger partial charge >= 0.3 is 0 Å². The maximum absolute atomic E-state index is 12.8. The Morgan fingerprint density at radius 1 is 0.861 bits per heavy atom. The molecule has 0 bridgehead atoms. The zero-order chi connectivity index (χ0) is 24.8. The lowest BCUT2D eigenvalue weighted by atomic mass is 10.00. The second-order valence-electron chi connectivity index (χ2n) is 8.41. The molecule has 0 aliphatic carbocycles. The number of carbonyl (C=O) groups excluding carboxylic acids is 2. The maximum Gasteiger partial charge on any atom is 0.270 e. The Hall–Kier alpha value is -4.99. The summed E-state index contributed by atoms with van der Waals surface area (Å²) in [7, 11) is 0. The monoisotopic (exact) mass is 478 g/mol. The van der Waals surface area contributed by atoms with Crippen molar-refractivity contribution < 1.29 is 14.5 Å². The summed E-state index contributed by atoms with van der Waals surface area (Å²) in [5.41, 5.74) is 3.40. The first-order chi connectivity index (χ1) is 17.5. The summed E-state index contributed by atoms with van der Waals surface area (Å²) in [5.74, 6) is 0.420. The van der Waals surface area contributed by atoms with Gasteiger partial charge in [0.05, 0.1) is 27.4 Å². The minimum absolute atomic E-state index is 0.0542. The molecule has 176 valence electrons. The van der Waals surface area contributed by atoms with Crippen LogP contribution in [0.2, 0.25) is 0 Å². The fourth-order valence-electron chi connectivity index (χ4n) is 4.65. The van der Waals surface area contributed by atoms with Gasteiger partial charge in [0.2, 0.25) is 0 Å². The highest BCUT2D eigenvalue weighted by atomic mass is 16.6. The molecule has 10 heteroatoms. The van der Waals surface area contributed by atoms with Crippen molar-refractivity contribution in [3.63, 3.8) is 0 Å². The van der Waals surface area contributed by atoms with E-state index in [9.17, 15) is 19.7 Å². The molecule has 36 heavy (non-hydrogen) atoms. The third kappa shape index (κ3) is 3.38. The van der Waals surface area contributed by atoms with Crippen LogP contribution in [-0.4, -0.2) is 48.7 Å². The van der Waals surface area contributed by atoms with E-state index in [-0.39, 0.29) is 37.0 Å². The first-order valence-corrected chi connectivity index (χ1v) is 11.3. The van der Waals surface area contributed by atoms with E-state index < -0.39 is 4.92 Å². The Bertz CT molecular complexity index is 1560. The van der Waals surface area contributed by atoms with Crippen molar-refractivity contribution >= 4 is 23.2 Å². The molecule has 2 amide bonds. The van der Waals surface area contributed by atoms with Crippen molar-refractivity contribution in [3.05, 3.63) is 117 Å². The Labute approximate surface area is 204 Å². The molecule has 0 radical (unpaired) electrons. The number of non-ortho nitro benzene ring substituents is 1. The SMILES string of the molecule is O=C1c2ccccc2C(=O)N1CCc1nnc2n1-c1ccc([N+](=O)[O-])cc1C(c1ccccc1)=NC2. The van der Waals surface area contributed by atoms with Crippen molar-refractivity contribution in [3.8, 4) is 5.69 Å². The van der Waals surface area contributed by atoms with Gasteiger partial charge in [-0.2, -0.15) is 0 Å². The number of benzene rings is 3. The van der Waals surface area contributed by atoms with E-state index in [0.29, 0.717) is 39.7 Å². The van der Waals surface area contributed by atoms with Crippen LogP contribution in [0.4, 0.5) is 5.69 Å². The number of amides is 2. The quantitative estimate of drug-likeness (QED) is 0.246. The van der Waals surface area contributed by atoms with Crippen LogP contribution in [0.1, 0.15) is 43.5 Å². The zero-order valence-corrected chi connectivity index (χ0v) is 18.9. The van der Waals surface area contributed by atoms with Gasteiger partial charge in [-0.05, 0) is 18.2 Å². The number of aromatic nitrogens is 3. The summed E-state index contributed by atoms with van der Waals surface area (Å²) >= 11 is 0. The molecule has 1 aromatic heterocycles. The van der Waals surface area contributed by atoms with Crippen LogP contribution >= 0.6 is 0 Å². The summed E-state index contributed by atoms with van der Waals surface area (Å²) in [6.45, 7) is 0.339. The number of imide groups is 1. The summed E-state index contributed by atoms with van der Waals surface area (Å²) < 4.78 is 1.82. The molecule has 3 heterocycles. The zero-order valence-electron chi connectivity index (χ0n) is 18.9. The van der Waals surface area contributed by atoms with Gasteiger partial charge in [-0.3, -0.25) is 34.2 Å². The van der Waals surface area contributed by atoms with Crippen molar-refractivity contribution in [2.24, 2.45) is 4.99 Å². The van der Waals surface area contributed by atoms with Gasteiger partial charge in [0.1, 0.15) is 12.4 Å². The van der Waals surface area contributed by atoms with Crippen LogP contribution in [0.25, 0.3) is 5.69 Å². The van der Waals surface area contributed by atoms with Crippen LogP contribution in [-0.2, 0) is 13.0 Å². The summed E-state index contributed by atoms with van der Waals surface area (Å²) in [6.07, 6.45) is 0.259. The summed E-state index contributed by atoms with van der Waals surface area (Å²) in [5, 5.41) is 20.2. The summed E-state index contributed by atoms with van der Waals surface area (Å²) in [4.78, 5) is 42.6. The van der Waals surface area contributed by atoms with E-state index >= 15 is 0 Å². The molecule has 2 aliphatic heterocycles. The predicted octanol–water partition coefficient (Wildman–Crippen LogP) is 3.37. The molecule has 4 aromatic rings. The van der Waals surface area contributed by atoms with Crippen molar-refractivity contribution in [1.29, 1.82) is 0 Å². The van der Waals surface area contributed by atoms with Crippen LogP contribution < -0.4 is 0 Å². The number of nitro benzene ring substituents is 1. The Morgan fingerprint density at radius 2 is 1.56 bits per heavy atom. The molecule has 0 saturated heterocycles. The third-order valence-electron chi connectivity index (χ3n) is 6.35. The smallest absolute Gasteiger partial charge is 0.270 e. The standard InChI is InChI=1S/C26H18N6O4/c33-25-18-8-4-5-9-19(18)26(34)30(25)13-12-22-28-29-23-15-27-24(16-6-2-1-3-7-16)20-14-17(32(35)36)10-11-21(20)31(22)23/h1-11,14H,12-13,15H2. The van der Waals surface area contributed by atoms with Crippen LogP contribution in [0.3, 0.4) is 0 Å².